The van der Waals surface area contributed by atoms with Crippen molar-refractivity contribution in [3.63, 3.8) is 0 Å². The summed E-state index contributed by atoms with van der Waals surface area (Å²) < 4.78 is 5.52. The molecule has 0 saturated heterocycles. The second-order valence-corrected chi connectivity index (χ2v) is 12.2. The number of carbonyl (C=O) groups excluding carboxylic acids is 3. The van der Waals surface area contributed by atoms with Crippen LogP contribution in [0.15, 0.2) is 79.1 Å². The lowest BCUT2D eigenvalue weighted by atomic mass is 9.85. The standard InChI is InChI=1S/C35H28Cl2N4O4/c1-4-35(2,3)34(44)45-17-19-9-12-21(13-10-19)40-27-16-26(41-33(43)24-15-20(36)11-14-25(24)37)28-29-30(38-18-39-31(27)29)22-7-5-6-8-23(22)32(28)42/h5-16,18,40H,4,17H2,1-3H3,(H,41,43). The predicted octanol–water partition coefficient (Wildman–Crippen LogP) is 8.62. The van der Waals surface area contributed by atoms with E-state index in [-0.39, 0.29) is 40.2 Å². The normalized spacial score (nSPS) is 12.1. The van der Waals surface area contributed by atoms with Gasteiger partial charge in [-0.25, -0.2) is 9.97 Å². The van der Waals surface area contributed by atoms with E-state index >= 15 is 0 Å². The Bertz CT molecular complexity index is 2010. The fourth-order valence-corrected chi connectivity index (χ4v) is 5.47. The zero-order valence-electron chi connectivity index (χ0n) is 24.7. The number of benzene rings is 4. The lowest BCUT2D eigenvalue weighted by molar-refractivity contribution is -0.155. The van der Waals surface area contributed by atoms with Crippen molar-refractivity contribution in [3.05, 3.63) is 111 Å². The number of ketones is 1. The Morgan fingerprint density at radius 2 is 1.64 bits per heavy atom. The zero-order valence-corrected chi connectivity index (χ0v) is 26.2. The van der Waals surface area contributed by atoms with Crippen LogP contribution < -0.4 is 10.6 Å². The number of nitrogens with one attached hydrogen (secondary N) is 2. The van der Waals surface area contributed by atoms with E-state index in [0.717, 1.165) is 5.56 Å². The van der Waals surface area contributed by atoms with Crippen molar-refractivity contribution in [1.29, 1.82) is 0 Å². The highest BCUT2D eigenvalue weighted by Crippen LogP contribution is 2.44. The highest BCUT2D eigenvalue weighted by molar-refractivity contribution is 6.37. The van der Waals surface area contributed by atoms with Gasteiger partial charge in [0.2, 0.25) is 0 Å². The average Bonchev–Trinajstić information content (AvgIpc) is 3.04. The number of hydrogen-bond acceptors (Lipinski definition) is 7. The molecule has 10 heteroatoms. The molecule has 226 valence electrons. The van der Waals surface area contributed by atoms with Gasteiger partial charge in [0.05, 0.1) is 44.1 Å². The van der Waals surface area contributed by atoms with Crippen LogP contribution >= 0.6 is 23.2 Å². The third-order valence-corrected chi connectivity index (χ3v) is 8.59. The molecule has 0 fully saturated rings. The highest BCUT2D eigenvalue weighted by atomic mass is 35.5. The fourth-order valence-electron chi connectivity index (χ4n) is 5.09. The van der Waals surface area contributed by atoms with Crippen molar-refractivity contribution in [3.8, 4) is 11.3 Å². The van der Waals surface area contributed by atoms with Gasteiger partial charge in [0.25, 0.3) is 5.91 Å². The number of hydrogen-bond donors (Lipinski definition) is 2. The molecule has 1 heterocycles. The van der Waals surface area contributed by atoms with Gasteiger partial charge in [-0.15, -0.1) is 0 Å². The van der Waals surface area contributed by atoms with Gasteiger partial charge in [0, 0.05) is 27.2 Å². The number of amides is 1. The minimum absolute atomic E-state index is 0.153. The average molecular weight is 640 g/mol. The Kier molecular flexibility index (Phi) is 8.03. The first-order valence-electron chi connectivity index (χ1n) is 14.3. The highest BCUT2D eigenvalue weighted by Gasteiger charge is 2.31. The maximum Gasteiger partial charge on any atom is 0.311 e. The van der Waals surface area contributed by atoms with Crippen LogP contribution in [0.4, 0.5) is 17.1 Å². The molecule has 8 nitrogen and oxygen atoms in total. The second-order valence-electron chi connectivity index (χ2n) is 11.4. The largest absolute Gasteiger partial charge is 0.460 e. The second kappa shape index (κ2) is 12.0. The number of nitrogens with zero attached hydrogens (tertiary/aromatic N) is 2. The van der Waals surface area contributed by atoms with E-state index in [1.54, 1.807) is 30.3 Å². The molecule has 6 rings (SSSR count). The number of anilines is 3. The Balaban J connectivity index is 1.40. The number of rotatable bonds is 8. The van der Waals surface area contributed by atoms with E-state index in [1.165, 1.54) is 12.4 Å². The number of ether oxygens (including phenoxy) is 1. The van der Waals surface area contributed by atoms with Crippen LogP contribution in [0.25, 0.3) is 22.2 Å². The smallest absolute Gasteiger partial charge is 0.311 e. The minimum atomic E-state index is -0.550. The molecule has 0 saturated carbocycles. The molecular weight excluding hydrogens is 611 g/mol. The molecule has 0 radical (unpaired) electrons. The topological polar surface area (TPSA) is 110 Å². The summed E-state index contributed by atoms with van der Waals surface area (Å²) in [5.41, 5.74) is 4.49. The van der Waals surface area contributed by atoms with Gasteiger partial charge in [-0.05, 0) is 62.2 Å². The van der Waals surface area contributed by atoms with E-state index in [2.05, 4.69) is 20.6 Å². The van der Waals surface area contributed by atoms with Gasteiger partial charge < -0.3 is 15.4 Å². The van der Waals surface area contributed by atoms with Crippen molar-refractivity contribution in [1.82, 2.24) is 9.97 Å². The summed E-state index contributed by atoms with van der Waals surface area (Å²) in [7, 11) is 0. The number of aromatic nitrogens is 2. The third-order valence-electron chi connectivity index (χ3n) is 8.02. The molecule has 2 N–H and O–H groups in total. The van der Waals surface area contributed by atoms with Gasteiger partial charge in [0.15, 0.2) is 5.78 Å². The molecule has 1 aliphatic carbocycles. The van der Waals surface area contributed by atoms with Crippen molar-refractivity contribution in [2.75, 3.05) is 10.6 Å². The summed E-state index contributed by atoms with van der Waals surface area (Å²) in [6.07, 6.45) is 2.14. The molecule has 0 spiro atoms. The minimum Gasteiger partial charge on any atom is -0.460 e. The molecule has 0 atom stereocenters. The molecule has 1 aromatic heterocycles. The van der Waals surface area contributed by atoms with E-state index in [1.807, 2.05) is 57.2 Å². The summed E-state index contributed by atoms with van der Waals surface area (Å²) >= 11 is 12.5. The van der Waals surface area contributed by atoms with Gasteiger partial charge in [-0.1, -0.05) is 66.5 Å². The van der Waals surface area contributed by atoms with Gasteiger partial charge in [0.1, 0.15) is 12.9 Å². The van der Waals surface area contributed by atoms with Crippen LogP contribution in [-0.4, -0.2) is 27.6 Å². The van der Waals surface area contributed by atoms with Crippen LogP contribution in [0.2, 0.25) is 10.0 Å². The van der Waals surface area contributed by atoms with Crippen LogP contribution in [0, 0.1) is 5.41 Å². The molecule has 0 unspecified atom stereocenters. The van der Waals surface area contributed by atoms with Crippen molar-refractivity contribution in [2.45, 2.75) is 33.8 Å². The van der Waals surface area contributed by atoms with Crippen molar-refractivity contribution < 1.29 is 19.1 Å². The fraction of sp³-hybridized carbons (Fsp3) is 0.171. The summed E-state index contributed by atoms with van der Waals surface area (Å²) in [6, 6.07) is 20.9. The molecule has 4 aromatic carbocycles. The van der Waals surface area contributed by atoms with Crippen molar-refractivity contribution >= 4 is 68.8 Å². The lowest BCUT2D eigenvalue weighted by Gasteiger charge is -2.23. The summed E-state index contributed by atoms with van der Waals surface area (Å²) in [5, 5.41) is 7.35. The van der Waals surface area contributed by atoms with Crippen LogP contribution in [0.1, 0.15) is 59.0 Å². The molecule has 1 amide bonds. The van der Waals surface area contributed by atoms with E-state index in [0.29, 0.717) is 50.5 Å². The first-order valence-corrected chi connectivity index (χ1v) is 15.1. The Morgan fingerprint density at radius 1 is 0.911 bits per heavy atom. The maximum absolute atomic E-state index is 13.9. The van der Waals surface area contributed by atoms with Gasteiger partial charge >= 0.3 is 5.97 Å². The van der Waals surface area contributed by atoms with Crippen molar-refractivity contribution in [2.24, 2.45) is 5.41 Å². The van der Waals surface area contributed by atoms with E-state index in [4.69, 9.17) is 27.9 Å². The number of carbonyl (C=O) groups is 3. The first-order chi connectivity index (χ1) is 21.6. The molecule has 0 aliphatic heterocycles. The van der Waals surface area contributed by atoms with E-state index in [9.17, 15) is 14.4 Å². The first kappa shape index (κ1) is 30.2. The van der Waals surface area contributed by atoms with Crippen LogP contribution in [0.5, 0.6) is 0 Å². The Hall–Kier alpha value is -4.79. The summed E-state index contributed by atoms with van der Waals surface area (Å²) in [4.78, 5) is 48.9. The summed E-state index contributed by atoms with van der Waals surface area (Å²) in [6.45, 7) is 5.82. The van der Waals surface area contributed by atoms with Gasteiger partial charge in [-0.2, -0.15) is 0 Å². The Morgan fingerprint density at radius 3 is 2.38 bits per heavy atom. The zero-order chi connectivity index (χ0) is 31.9. The third kappa shape index (κ3) is 5.75. The van der Waals surface area contributed by atoms with Gasteiger partial charge in [-0.3, -0.25) is 14.4 Å². The SMILES string of the molecule is CCC(C)(C)C(=O)OCc1ccc(Nc2cc(NC(=O)c3cc(Cl)ccc3Cl)c3c4c(ncnc24)-c2ccccc2C3=O)cc1. The predicted molar refractivity (Wildman–Crippen MR) is 176 cm³/mol. The molecular formula is C35H28Cl2N4O4. The molecule has 1 aliphatic rings. The molecule has 5 aromatic rings. The van der Waals surface area contributed by atoms with Crippen LogP contribution in [0.3, 0.4) is 0 Å². The monoisotopic (exact) mass is 638 g/mol. The maximum atomic E-state index is 13.9. The number of esters is 1. The lowest BCUT2D eigenvalue weighted by Crippen LogP contribution is -2.25. The summed E-state index contributed by atoms with van der Waals surface area (Å²) in [5.74, 6) is -1.04. The number of fused-ring (bicyclic) bond motifs is 2. The number of halogens is 2. The molecule has 0 bridgehead atoms. The van der Waals surface area contributed by atoms with E-state index < -0.39 is 11.3 Å². The molecule has 45 heavy (non-hydrogen) atoms. The quantitative estimate of drug-likeness (QED) is 0.161. The van der Waals surface area contributed by atoms with Crippen LogP contribution in [-0.2, 0) is 16.1 Å². The Labute approximate surface area is 269 Å².